The van der Waals surface area contributed by atoms with E-state index < -0.39 is 32.0 Å². The summed E-state index contributed by atoms with van der Waals surface area (Å²) in [7, 11) is -0.205. The van der Waals surface area contributed by atoms with Crippen LogP contribution < -0.4 is 62.6 Å². The molecule has 3 fully saturated rings. The molecule has 0 bridgehead atoms. The zero-order chi connectivity index (χ0) is 45.5. The van der Waals surface area contributed by atoms with E-state index in [0.29, 0.717) is 82.6 Å². The van der Waals surface area contributed by atoms with E-state index in [2.05, 4.69) is 46.8 Å². The third-order valence-corrected chi connectivity index (χ3v) is 11.5. The van der Waals surface area contributed by atoms with E-state index in [1.54, 1.807) is 39.8 Å². The van der Waals surface area contributed by atoms with Crippen molar-refractivity contribution in [2.24, 2.45) is 28.7 Å². The van der Waals surface area contributed by atoms with Crippen molar-refractivity contribution in [3.63, 3.8) is 0 Å². The average molecular weight is 911 g/mol. The minimum atomic E-state index is -0.924. The molecule has 0 saturated carbocycles. The summed E-state index contributed by atoms with van der Waals surface area (Å²) in [5.41, 5.74) is 15.8. The van der Waals surface area contributed by atoms with Crippen LogP contribution in [0.3, 0.4) is 0 Å². The third kappa shape index (κ3) is 12.2. The number of ether oxygens (including phenoxy) is 3. The molecule has 3 saturated heterocycles. The Bertz CT molecular complexity index is 2460. The smallest absolute Gasteiger partial charge is 1.00 e. The molecule has 2 aromatic heterocycles. The monoisotopic (exact) mass is 911 g/mol. The van der Waals surface area contributed by atoms with Crippen molar-refractivity contribution in [1.29, 1.82) is 10.5 Å². The van der Waals surface area contributed by atoms with Crippen LogP contribution in [-0.4, -0.2) is 118 Å². The summed E-state index contributed by atoms with van der Waals surface area (Å²) in [4.78, 5) is 36.2. The number of primary amides is 2. The Hall–Kier alpha value is -5.20. The first-order valence-electron chi connectivity index (χ1n) is 20.9. The van der Waals surface area contributed by atoms with E-state index in [4.69, 9.17) is 39.6 Å². The van der Waals surface area contributed by atoms with Gasteiger partial charge in [-0.3, -0.25) is 23.7 Å². The maximum absolute atomic E-state index is 12.2. The second-order valence-electron chi connectivity index (χ2n) is 16.7. The van der Waals surface area contributed by atoms with Gasteiger partial charge in [-0.2, -0.15) is 20.7 Å². The number of rotatable bonds is 11. The summed E-state index contributed by atoms with van der Waals surface area (Å²) in [6.45, 7) is 7.29. The van der Waals surface area contributed by atoms with Gasteiger partial charge in [-0.25, -0.2) is 0 Å². The van der Waals surface area contributed by atoms with E-state index in [0.717, 1.165) is 22.2 Å². The van der Waals surface area contributed by atoms with Gasteiger partial charge in [-0.15, -0.1) is 0 Å². The number of anilines is 4. The predicted octanol–water partition coefficient (Wildman–Crippen LogP) is -1.87. The van der Waals surface area contributed by atoms with Crippen molar-refractivity contribution < 1.29 is 78.6 Å². The summed E-state index contributed by atoms with van der Waals surface area (Å²) >= 11 is 0. The molecule has 4 aliphatic rings. The number of nitrogens with two attached hydrogens (primary N) is 2. The number of nitriles is 2. The zero-order valence-electron chi connectivity index (χ0n) is 38.4. The Balaban J connectivity index is 0.000000287. The molecule has 0 aliphatic carbocycles. The summed E-state index contributed by atoms with van der Waals surface area (Å²) in [6, 6.07) is 14.8. The number of fused-ring (bicyclic) bond motifs is 1. The number of carbonyl (C=O) groups excluding carboxylic acids is 3. The van der Waals surface area contributed by atoms with E-state index >= 15 is 0 Å². The number of nitrogens with zero attached hydrogens (tertiary/aromatic N) is 6. The molecule has 4 atom stereocenters. The Morgan fingerprint density at radius 2 is 1.38 bits per heavy atom. The summed E-state index contributed by atoms with van der Waals surface area (Å²) in [5.74, 6) is -1.65. The molecule has 0 spiro atoms. The van der Waals surface area contributed by atoms with Gasteiger partial charge in [0.05, 0.1) is 62.8 Å². The van der Waals surface area contributed by atoms with Crippen LogP contribution in [0.5, 0.6) is 0 Å². The van der Waals surface area contributed by atoms with E-state index in [-0.39, 0.29) is 92.1 Å². The van der Waals surface area contributed by atoms with Crippen LogP contribution in [0, 0.1) is 39.9 Å². The molecule has 66 heavy (non-hydrogen) atoms. The fourth-order valence-corrected chi connectivity index (χ4v) is 7.89. The van der Waals surface area contributed by atoms with Crippen molar-refractivity contribution in [3.05, 3.63) is 71.0 Å². The number of benzene rings is 2. The van der Waals surface area contributed by atoms with Crippen molar-refractivity contribution in [2.45, 2.75) is 51.6 Å². The number of aromatic nitrogens is 4. The number of hydrogen-bond acceptors (Lipinski definition) is 16. The molecule has 8 rings (SSSR count). The third-order valence-electron chi connectivity index (χ3n) is 11.5. The van der Waals surface area contributed by atoms with Crippen LogP contribution in [0.1, 0.15) is 72.0 Å². The predicted molar refractivity (Wildman–Crippen MR) is 239 cm³/mol. The second-order valence-corrected chi connectivity index (χ2v) is 16.7. The standard InChI is InChI=1S/C24H30BN5O6.C18H20BN5O4.B.Na.H/c1-24(2)13-35-25(36-14-24)19-5-4-17(8-16(19)9-21(31)33-3)28-23-18(22(27)32)11-30(29-23)20-12-34-7-6-15(20)10-26;20-8-12-3-5-27-10-16(12)24-9-14(17(21)25)18(23-24)22-13-1-2-15-11(7-13)4-6-28-19(15)26;;;/h4-5,8,11,15,20H,6-7,9,12-14H2,1-3H3,(H2,27,32)(H,28,29);1-2,7,9,12,16,26H,3-6,10H2,(H2,21,25)(H,22,23);;;/q;;;+1;-1/t15-,20?;12-,16?;;;/m11.../s1. The van der Waals surface area contributed by atoms with Gasteiger partial charge in [-0.05, 0) is 65.6 Å². The van der Waals surface area contributed by atoms with E-state index in [1.807, 2.05) is 12.1 Å². The molecule has 2 amide bonds. The number of amides is 2. The zero-order valence-corrected chi connectivity index (χ0v) is 39.4. The normalized spacial score (nSPS) is 20.9. The van der Waals surface area contributed by atoms with Crippen molar-refractivity contribution in [3.8, 4) is 12.1 Å². The quantitative estimate of drug-likeness (QED) is 0.0814. The minimum Gasteiger partial charge on any atom is -1.00 e. The molecule has 2 aromatic carbocycles. The van der Waals surface area contributed by atoms with Gasteiger partial charge in [0.15, 0.2) is 11.6 Å². The van der Waals surface area contributed by atoms with Gasteiger partial charge in [0.2, 0.25) is 0 Å². The molecule has 4 aliphatic heterocycles. The fraction of sp³-hybridized carbons (Fsp3) is 0.452. The SMILES string of the molecule is COC(=O)Cc1cc(Nc2nn(C3COCC[C@@H]3C#N)cc2C(N)=O)ccc1B1OCC(C)(C)CO1.N#C[C@H]1CCOCC1n1cc(C(N)=O)c(Nc2ccc3c(c2)CCOB3O)n1.[B].[H-].[Na+]. The van der Waals surface area contributed by atoms with Gasteiger partial charge >= 0.3 is 49.8 Å². The van der Waals surface area contributed by atoms with Gasteiger partial charge in [0.1, 0.15) is 11.1 Å². The van der Waals surface area contributed by atoms with Crippen molar-refractivity contribution >= 4 is 74.4 Å². The number of methoxy groups -OCH3 is 1. The number of nitrogens with one attached hydrogen (secondary N) is 2. The Labute approximate surface area is 408 Å². The van der Waals surface area contributed by atoms with Crippen LogP contribution in [0.2, 0.25) is 0 Å². The molecule has 4 aromatic rings. The van der Waals surface area contributed by atoms with E-state index in [9.17, 15) is 29.9 Å². The molecular formula is C42H51B3N10NaO10. The number of hydrogen-bond donors (Lipinski definition) is 5. The van der Waals surface area contributed by atoms with E-state index in [1.165, 1.54) is 13.3 Å². The van der Waals surface area contributed by atoms with Crippen molar-refractivity contribution in [1.82, 2.24) is 19.6 Å². The van der Waals surface area contributed by atoms with Gasteiger partial charge in [0.25, 0.3) is 11.8 Å². The molecule has 339 valence electrons. The number of esters is 1. The summed E-state index contributed by atoms with van der Waals surface area (Å²) in [6.07, 6.45) is 4.98. The molecule has 7 N–H and O–H groups in total. The Kier molecular flexibility index (Phi) is 18.1. The topological polar surface area (TPSA) is 286 Å². The van der Waals surface area contributed by atoms with Crippen molar-refractivity contribution in [2.75, 3.05) is 64.0 Å². The fourth-order valence-electron chi connectivity index (χ4n) is 7.89. The first-order chi connectivity index (χ1) is 30.8. The van der Waals surface area contributed by atoms with Gasteiger partial charge in [0, 0.05) is 70.6 Å². The van der Waals surface area contributed by atoms with Gasteiger partial charge in [-0.1, -0.05) is 26.0 Å². The first kappa shape index (κ1) is 51.8. The molecule has 6 heterocycles. The molecule has 24 heteroatoms. The van der Waals surface area contributed by atoms with Gasteiger partial charge < -0.3 is 56.7 Å². The van der Waals surface area contributed by atoms with Crippen LogP contribution in [-0.2, 0) is 45.8 Å². The number of carbonyl (C=O) groups is 3. The molecule has 20 nitrogen and oxygen atoms in total. The molecular weight excluding hydrogens is 860 g/mol. The second kappa shape index (κ2) is 23.0. The maximum Gasteiger partial charge on any atom is 1.00 e. The molecule has 2 unspecified atom stereocenters. The minimum absolute atomic E-state index is 0. The average Bonchev–Trinajstić information content (AvgIpc) is 3.92. The first-order valence-corrected chi connectivity index (χ1v) is 20.9. The summed E-state index contributed by atoms with van der Waals surface area (Å²) in [5, 5.41) is 44.1. The van der Waals surface area contributed by atoms with Crippen LogP contribution in [0.15, 0.2) is 48.8 Å². The largest absolute Gasteiger partial charge is 1.00 e. The maximum atomic E-state index is 12.2. The Morgan fingerprint density at radius 3 is 1.88 bits per heavy atom. The van der Waals surface area contributed by atoms with Crippen LogP contribution >= 0.6 is 0 Å². The Morgan fingerprint density at radius 1 is 0.864 bits per heavy atom. The van der Waals surface area contributed by atoms with Crippen LogP contribution in [0.25, 0.3) is 0 Å². The summed E-state index contributed by atoms with van der Waals surface area (Å²) < 4.78 is 36.1. The molecule has 3 radical (unpaired) electrons. The van der Waals surface area contributed by atoms with Crippen LogP contribution in [0.4, 0.5) is 23.0 Å².